The van der Waals surface area contributed by atoms with Gasteiger partial charge in [-0.2, -0.15) is 0 Å². The third-order valence-corrected chi connectivity index (χ3v) is 1.65. The summed E-state index contributed by atoms with van der Waals surface area (Å²) in [7, 11) is 1.14. The number of nitrogens with one attached hydrogen (secondary N) is 1. The van der Waals surface area contributed by atoms with Crippen LogP contribution < -0.4 is 15.0 Å². The first-order valence-electron chi connectivity index (χ1n) is 3.99. The minimum atomic E-state index is -5.00. The van der Waals surface area contributed by atoms with Crippen LogP contribution in [0, 0.1) is 0 Å². The monoisotopic (exact) mass is 241 g/mol. The van der Waals surface area contributed by atoms with E-state index in [9.17, 15) is 22.4 Å². The van der Waals surface area contributed by atoms with Gasteiger partial charge in [0.15, 0.2) is 5.88 Å². The number of pyridine rings is 1. The van der Waals surface area contributed by atoms with Crippen LogP contribution in [-0.4, -0.2) is 18.5 Å². The highest BCUT2D eigenvalue weighted by Gasteiger charge is 2.33. The number of aromatic amines is 1. The predicted molar refractivity (Wildman–Crippen MR) is 45.1 cm³/mol. The van der Waals surface area contributed by atoms with Gasteiger partial charge in [-0.3, -0.25) is 9.78 Å². The Morgan fingerprint density at radius 2 is 2.06 bits per heavy atom. The molecule has 16 heavy (non-hydrogen) atoms. The van der Waals surface area contributed by atoms with Gasteiger partial charge in [-0.25, -0.2) is 4.39 Å². The number of methoxy groups -OCH3 is 1. The fraction of sp³-hybridized carbons (Fsp3) is 0.375. The molecular formula is C8H7F4NO3. The van der Waals surface area contributed by atoms with E-state index in [0.717, 1.165) is 13.2 Å². The zero-order valence-electron chi connectivity index (χ0n) is 8.02. The molecule has 0 unspecified atom stereocenters. The highest BCUT2D eigenvalue weighted by Crippen LogP contribution is 2.27. The molecule has 1 heterocycles. The van der Waals surface area contributed by atoms with Gasteiger partial charge in [0.05, 0.1) is 12.7 Å². The number of H-pyrrole nitrogens is 1. The molecular weight excluding hydrogens is 234 g/mol. The summed E-state index contributed by atoms with van der Waals surface area (Å²) in [5.41, 5.74) is -1.76. The van der Waals surface area contributed by atoms with E-state index < -0.39 is 29.9 Å². The maximum Gasteiger partial charge on any atom is 0.573 e. The van der Waals surface area contributed by atoms with Gasteiger partial charge < -0.3 is 9.47 Å². The molecule has 0 aliphatic carbocycles. The van der Waals surface area contributed by atoms with Gasteiger partial charge in [0.1, 0.15) is 12.4 Å². The van der Waals surface area contributed by atoms with Crippen LogP contribution in [0.3, 0.4) is 0 Å². The van der Waals surface area contributed by atoms with Gasteiger partial charge in [-0.15, -0.1) is 13.2 Å². The van der Waals surface area contributed by atoms with Gasteiger partial charge in [0.25, 0.3) is 5.56 Å². The van der Waals surface area contributed by atoms with Crippen molar-refractivity contribution in [3.63, 3.8) is 0 Å². The third kappa shape index (κ3) is 2.88. The number of hydrogen-bond acceptors (Lipinski definition) is 3. The highest BCUT2D eigenvalue weighted by molar-refractivity contribution is 5.35. The van der Waals surface area contributed by atoms with Crippen LogP contribution in [0.1, 0.15) is 5.56 Å². The molecule has 0 atom stereocenters. The Morgan fingerprint density at radius 3 is 2.50 bits per heavy atom. The fourth-order valence-electron chi connectivity index (χ4n) is 0.994. The molecule has 1 N–H and O–H groups in total. The molecule has 8 heteroatoms. The minimum Gasteiger partial charge on any atom is -0.482 e. The predicted octanol–water partition coefficient (Wildman–Crippen LogP) is 1.75. The fourth-order valence-corrected chi connectivity index (χ4v) is 0.994. The molecule has 0 radical (unpaired) electrons. The lowest BCUT2D eigenvalue weighted by atomic mass is 10.3. The van der Waals surface area contributed by atoms with Crippen LogP contribution >= 0.6 is 0 Å². The van der Waals surface area contributed by atoms with E-state index in [4.69, 9.17) is 0 Å². The molecule has 0 saturated carbocycles. The summed E-state index contributed by atoms with van der Waals surface area (Å²) in [6, 6.07) is 0.754. The van der Waals surface area contributed by atoms with Crippen LogP contribution in [-0.2, 0) is 6.67 Å². The van der Waals surface area contributed by atoms with Crippen molar-refractivity contribution in [2.24, 2.45) is 0 Å². The number of hydrogen-bond donors (Lipinski definition) is 1. The second kappa shape index (κ2) is 4.42. The first kappa shape index (κ1) is 12.3. The van der Waals surface area contributed by atoms with E-state index in [-0.39, 0.29) is 5.88 Å². The lowest BCUT2D eigenvalue weighted by Crippen LogP contribution is -2.22. The Labute approximate surface area is 86.8 Å². The second-order valence-electron chi connectivity index (χ2n) is 2.69. The smallest absolute Gasteiger partial charge is 0.482 e. The average Bonchev–Trinajstić information content (AvgIpc) is 2.14. The van der Waals surface area contributed by atoms with Crippen molar-refractivity contribution >= 4 is 0 Å². The van der Waals surface area contributed by atoms with Crippen LogP contribution in [0.4, 0.5) is 17.6 Å². The standard InChI is InChI=1S/C8H7F4NO3/c1-15-6-2-5(16-8(10,11)12)4(3-9)7(14)13-6/h2H,3H2,1H3,(H,13,14). The summed E-state index contributed by atoms with van der Waals surface area (Å²) >= 11 is 0. The van der Waals surface area contributed by atoms with Crippen molar-refractivity contribution < 1.29 is 27.0 Å². The van der Waals surface area contributed by atoms with Crippen LogP contribution in [0.15, 0.2) is 10.9 Å². The average molecular weight is 241 g/mol. The molecule has 4 nitrogen and oxygen atoms in total. The summed E-state index contributed by atoms with van der Waals surface area (Å²) in [6.45, 7) is -1.37. The molecule has 0 amide bonds. The van der Waals surface area contributed by atoms with Gasteiger partial charge in [-0.1, -0.05) is 0 Å². The van der Waals surface area contributed by atoms with E-state index in [2.05, 4.69) is 9.47 Å². The molecule has 1 aromatic rings. The molecule has 0 aliphatic heterocycles. The zero-order valence-corrected chi connectivity index (χ0v) is 8.02. The first-order chi connectivity index (χ1) is 7.37. The quantitative estimate of drug-likeness (QED) is 0.820. The minimum absolute atomic E-state index is 0.249. The molecule has 0 spiro atoms. The number of rotatable bonds is 3. The van der Waals surface area contributed by atoms with E-state index in [1.54, 1.807) is 0 Å². The summed E-state index contributed by atoms with van der Waals surface area (Å²) in [5, 5.41) is 0. The maximum absolute atomic E-state index is 12.3. The molecule has 1 aromatic heterocycles. The van der Waals surface area contributed by atoms with Gasteiger partial charge in [-0.05, 0) is 0 Å². The normalized spacial score (nSPS) is 11.3. The van der Waals surface area contributed by atoms with Crippen molar-refractivity contribution in [3.05, 3.63) is 22.0 Å². The summed E-state index contributed by atoms with van der Waals surface area (Å²) < 4.78 is 56.2. The SMILES string of the molecule is COc1cc(OC(F)(F)F)c(CF)c(=O)[nH]1. The van der Waals surface area contributed by atoms with Crippen molar-refractivity contribution in [3.8, 4) is 11.6 Å². The zero-order chi connectivity index (χ0) is 12.3. The second-order valence-corrected chi connectivity index (χ2v) is 2.69. The van der Waals surface area contributed by atoms with Crippen LogP contribution in [0.2, 0.25) is 0 Å². The summed E-state index contributed by atoms with van der Waals surface area (Å²) in [5.74, 6) is -1.16. The van der Waals surface area contributed by atoms with Crippen molar-refractivity contribution in [1.29, 1.82) is 0 Å². The van der Waals surface area contributed by atoms with Gasteiger partial charge in [0.2, 0.25) is 0 Å². The maximum atomic E-state index is 12.3. The van der Waals surface area contributed by atoms with E-state index in [1.807, 2.05) is 4.98 Å². The number of alkyl halides is 4. The molecule has 90 valence electrons. The topological polar surface area (TPSA) is 51.3 Å². The Hall–Kier alpha value is -1.73. The van der Waals surface area contributed by atoms with Gasteiger partial charge >= 0.3 is 6.36 Å². The number of halogens is 4. The highest BCUT2D eigenvalue weighted by atomic mass is 19.4. The van der Waals surface area contributed by atoms with Crippen LogP contribution in [0.5, 0.6) is 11.6 Å². The Morgan fingerprint density at radius 1 is 1.44 bits per heavy atom. The third-order valence-electron chi connectivity index (χ3n) is 1.65. The van der Waals surface area contributed by atoms with E-state index in [1.165, 1.54) is 0 Å². The molecule has 0 bridgehead atoms. The molecule has 0 aromatic carbocycles. The van der Waals surface area contributed by atoms with Gasteiger partial charge in [0, 0.05) is 6.07 Å². The number of ether oxygens (including phenoxy) is 2. The summed E-state index contributed by atoms with van der Waals surface area (Å²) in [4.78, 5) is 13.2. The van der Waals surface area contributed by atoms with E-state index in [0.29, 0.717) is 0 Å². The lowest BCUT2D eigenvalue weighted by Gasteiger charge is -2.12. The number of aromatic nitrogens is 1. The Bertz CT molecular complexity index is 426. The molecule has 0 aliphatic rings. The lowest BCUT2D eigenvalue weighted by molar-refractivity contribution is -0.275. The van der Waals surface area contributed by atoms with Crippen LogP contribution in [0.25, 0.3) is 0 Å². The Kier molecular flexibility index (Phi) is 3.41. The van der Waals surface area contributed by atoms with Crippen molar-refractivity contribution in [2.45, 2.75) is 13.0 Å². The van der Waals surface area contributed by atoms with E-state index >= 15 is 0 Å². The molecule has 1 rings (SSSR count). The summed E-state index contributed by atoms with van der Waals surface area (Å²) in [6.07, 6.45) is -5.00. The molecule has 0 saturated heterocycles. The van der Waals surface area contributed by atoms with Crippen molar-refractivity contribution in [1.82, 2.24) is 4.98 Å². The first-order valence-corrected chi connectivity index (χ1v) is 3.99. The largest absolute Gasteiger partial charge is 0.573 e. The molecule has 0 fully saturated rings. The Balaban J connectivity index is 3.23. The van der Waals surface area contributed by atoms with Crippen molar-refractivity contribution in [2.75, 3.05) is 7.11 Å².